The van der Waals surface area contributed by atoms with Crippen LogP contribution in [0.25, 0.3) is 0 Å². The molecule has 0 bridgehead atoms. The molecule has 1 unspecified atom stereocenters. The Kier molecular flexibility index (Phi) is 4.64. The average Bonchev–Trinajstić information content (AvgIpc) is 2.49. The van der Waals surface area contributed by atoms with Crippen molar-refractivity contribution in [1.82, 2.24) is 0 Å². The number of allylic oxidation sites excluding steroid dienone is 3. The number of halogens is 2. The fourth-order valence-corrected chi connectivity index (χ4v) is 3.06. The highest BCUT2D eigenvalue weighted by Crippen LogP contribution is 2.49. The summed E-state index contributed by atoms with van der Waals surface area (Å²) in [5, 5.41) is 0.558. The normalized spacial score (nSPS) is 21.3. The first-order chi connectivity index (χ1) is 9.90. The summed E-state index contributed by atoms with van der Waals surface area (Å²) in [6.07, 6.45) is 3.67. The largest absolute Gasteiger partial charge is 0.497 e. The number of hydrogen-bond acceptors (Lipinski definition) is 3. The highest BCUT2D eigenvalue weighted by molar-refractivity contribution is 9.09. The Morgan fingerprint density at radius 2 is 1.81 bits per heavy atom. The molecule has 2 rings (SSSR count). The Labute approximate surface area is 136 Å². The topological polar surface area (TPSA) is 61.6 Å². The SMILES string of the molecule is COc1cc(OC)cc(C2(Br)CC(C(N)=O)=CC=C2Cl)c1. The van der Waals surface area contributed by atoms with Crippen molar-refractivity contribution in [3.8, 4) is 11.5 Å². The maximum absolute atomic E-state index is 11.4. The summed E-state index contributed by atoms with van der Waals surface area (Å²) >= 11 is 10.0. The lowest BCUT2D eigenvalue weighted by Crippen LogP contribution is -2.27. The van der Waals surface area contributed by atoms with Gasteiger partial charge >= 0.3 is 0 Å². The van der Waals surface area contributed by atoms with E-state index in [-0.39, 0.29) is 0 Å². The highest BCUT2D eigenvalue weighted by Gasteiger charge is 2.37. The number of methoxy groups -OCH3 is 2. The Hall–Kier alpha value is -1.46. The minimum Gasteiger partial charge on any atom is -0.497 e. The van der Waals surface area contributed by atoms with Gasteiger partial charge in [-0.2, -0.15) is 0 Å². The third-order valence-electron chi connectivity index (χ3n) is 3.37. The van der Waals surface area contributed by atoms with Crippen LogP contribution in [0.3, 0.4) is 0 Å². The Morgan fingerprint density at radius 3 is 2.29 bits per heavy atom. The lowest BCUT2D eigenvalue weighted by Gasteiger charge is -2.31. The summed E-state index contributed by atoms with van der Waals surface area (Å²) in [5.74, 6) is 0.819. The zero-order valence-electron chi connectivity index (χ0n) is 11.7. The van der Waals surface area contributed by atoms with Crippen LogP contribution in [-0.4, -0.2) is 20.1 Å². The third kappa shape index (κ3) is 3.09. The Balaban J connectivity index is 2.52. The zero-order valence-corrected chi connectivity index (χ0v) is 14.0. The van der Waals surface area contributed by atoms with Crippen molar-refractivity contribution in [2.45, 2.75) is 10.7 Å². The molecular weight excluding hydrogens is 358 g/mol. The van der Waals surface area contributed by atoms with E-state index in [4.69, 9.17) is 26.8 Å². The van der Waals surface area contributed by atoms with Crippen LogP contribution in [0.1, 0.15) is 12.0 Å². The Bertz CT molecular complexity index is 620. The molecule has 0 saturated carbocycles. The van der Waals surface area contributed by atoms with Crippen molar-refractivity contribution in [3.05, 3.63) is 46.5 Å². The molecule has 0 aliphatic heterocycles. The predicted molar refractivity (Wildman–Crippen MR) is 86.0 cm³/mol. The summed E-state index contributed by atoms with van der Waals surface area (Å²) in [6.45, 7) is 0. The second-order valence-electron chi connectivity index (χ2n) is 4.65. The molecule has 0 saturated heterocycles. The van der Waals surface area contributed by atoms with E-state index in [9.17, 15) is 4.79 Å². The van der Waals surface area contributed by atoms with Crippen molar-refractivity contribution in [2.75, 3.05) is 14.2 Å². The van der Waals surface area contributed by atoms with Crippen LogP contribution in [0, 0.1) is 0 Å². The van der Waals surface area contributed by atoms with Gasteiger partial charge in [0, 0.05) is 23.1 Å². The first-order valence-corrected chi connectivity index (χ1v) is 7.37. The van der Waals surface area contributed by atoms with Crippen LogP contribution in [0.2, 0.25) is 0 Å². The van der Waals surface area contributed by atoms with Crippen molar-refractivity contribution in [3.63, 3.8) is 0 Å². The molecule has 4 nitrogen and oxygen atoms in total. The van der Waals surface area contributed by atoms with Crippen molar-refractivity contribution < 1.29 is 14.3 Å². The molecule has 0 spiro atoms. The van der Waals surface area contributed by atoms with Gasteiger partial charge in [-0.1, -0.05) is 33.6 Å². The van der Waals surface area contributed by atoms with Crippen LogP contribution in [0.4, 0.5) is 0 Å². The number of ether oxygens (including phenoxy) is 2. The Morgan fingerprint density at radius 1 is 1.24 bits per heavy atom. The van der Waals surface area contributed by atoms with Gasteiger partial charge in [-0.3, -0.25) is 4.79 Å². The lowest BCUT2D eigenvalue weighted by atomic mass is 9.87. The fourth-order valence-electron chi connectivity index (χ4n) is 2.16. The molecule has 0 heterocycles. The van der Waals surface area contributed by atoms with E-state index in [0.717, 1.165) is 5.56 Å². The van der Waals surface area contributed by atoms with Crippen LogP contribution in [-0.2, 0) is 9.12 Å². The van der Waals surface area contributed by atoms with E-state index in [1.807, 2.05) is 12.1 Å². The molecule has 1 aromatic carbocycles. The quantitative estimate of drug-likeness (QED) is 0.825. The molecule has 0 radical (unpaired) electrons. The summed E-state index contributed by atoms with van der Waals surface area (Å²) < 4.78 is 9.82. The molecule has 21 heavy (non-hydrogen) atoms. The molecule has 1 aromatic rings. The molecule has 0 fully saturated rings. The number of primary amides is 1. The average molecular weight is 373 g/mol. The minimum absolute atomic E-state index is 0.355. The molecule has 1 amide bonds. The lowest BCUT2D eigenvalue weighted by molar-refractivity contribution is -0.114. The molecule has 2 N–H and O–H groups in total. The van der Waals surface area contributed by atoms with Gasteiger partial charge in [-0.15, -0.1) is 0 Å². The second kappa shape index (κ2) is 6.12. The number of rotatable bonds is 4. The molecule has 1 atom stereocenters. The summed E-state index contributed by atoms with van der Waals surface area (Å²) in [4.78, 5) is 11.4. The summed E-state index contributed by atoms with van der Waals surface area (Å²) in [5.41, 5.74) is 6.70. The number of hydrogen-bond donors (Lipinski definition) is 1. The van der Waals surface area contributed by atoms with Crippen molar-refractivity contribution in [2.24, 2.45) is 5.73 Å². The standard InChI is InChI=1S/C15H15BrClNO3/c1-20-11-5-10(6-12(7-11)21-2)15(16)8-9(14(18)19)3-4-13(15)17/h3-7H,8H2,1-2H3,(H2,18,19). The molecule has 1 aliphatic carbocycles. The molecule has 112 valence electrons. The van der Waals surface area contributed by atoms with E-state index in [0.29, 0.717) is 28.5 Å². The predicted octanol–water partition coefficient (Wildman–Crippen LogP) is 3.23. The van der Waals surface area contributed by atoms with E-state index in [1.54, 1.807) is 32.4 Å². The number of amides is 1. The smallest absolute Gasteiger partial charge is 0.244 e. The second-order valence-corrected chi connectivity index (χ2v) is 6.41. The van der Waals surface area contributed by atoms with Gasteiger partial charge in [0.15, 0.2) is 0 Å². The van der Waals surface area contributed by atoms with Gasteiger partial charge in [-0.25, -0.2) is 0 Å². The highest BCUT2D eigenvalue weighted by atomic mass is 79.9. The van der Waals surface area contributed by atoms with Crippen LogP contribution < -0.4 is 15.2 Å². The number of alkyl halides is 1. The van der Waals surface area contributed by atoms with E-state index in [1.165, 1.54) is 0 Å². The van der Waals surface area contributed by atoms with Crippen LogP contribution >= 0.6 is 27.5 Å². The van der Waals surface area contributed by atoms with Gasteiger partial charge in [0.05, 0.1) is 18.5 Å². The summed E-state index contributed by atoms with van der Waals surface area (Å²) in [7, 11) is 3.15. The van der Waals surface area contributed by atoms with Gasteiger partial charge in [0.2, 0.25) is 5.91 Å². The number of carbonyl (C=O) groups is 1. The first kappa shape index (κ1) is 15.9. The van der Waals surface area contributed by atoms with Gasteiger partial charge < -0.3 is 15.2 Å². The maximum atomic E-state index is 11.4. The van der Waals surface area contributed by atoms with Crippen LogP contribution in [0.15, 0.2) is 41.0 Å². The summed E-state index contributed by atoms with van der Waals surface area (Å²) in [6, 6.07) is 5.46. The maximum Gasteiger partial charge on any atom is 0.244 e. The number of nitrogens with two attached hydrogens (primary N) is 1. The monoisotopic (exact) mass is 371 g/mol. The van der Waals surface area contributed by atoms with Crippen LogP contribution in [0.5, 0.6) is 11.5 Å². The van der Waals surface area contributed by atoms with Gasteiger partial charge in [0.1, 0.15) is 11.5 Å². The number of benzene rings is 1. The van der Waals surface area contributed by atoms with E-state index < -0.39 is 10.2 Å². The van der Waals surface area contributed by atoms with E-state index >= 15 is 0 Å². The van der Waals surface area contributed by atoms with Gasteiger partial charge in [0.25, 0.3) is 0 Å². The minimum atomic E-state index is -0.727. The fraction of sp³-hybridized carbons (Fsp3) is 0.267. The molecular formula is C15H15BrClNO3. The molecule has 0 aromatic heterocycles. The van der Waals surface area contributed by atoms with Crippen molar-refractivity contribution >= 4 is 33.4 Å². The molecule has 6 heteroatoms. The zero-order chi connectivity index (χ0) is 15.6. The molecule has 1 aliphatic rings. The first-order valence-electron chi connectivity index (χ1n) is 6.20. The third-order valence-corrected chi connectivity index (χ3v) is 5.21. The van der Waals surface area contributed by atoms with Gasteiger partial charge in [-0.05, 0) is 23.8 Å². The van der Waals surface area contributed by atoms with Crippen molar-refractivity contribution in [1.29, 1.82) is 0 Å². The van der Waals surface area contributed by atoms with E-state index in [2.05, 4.69) is 15.9 Å². The number of carbonyl (C=O) groups excluding carboxylic acids is 1.